The molecule has 2 heterocycles. The number of carbonyl (C=O) groups excluding carboxylic acids is 1. The van der Waals surface area contributed by atoms with E-state index in [9.17, 15) is 4.79 Å². The average Bonchev–Trinajstić information content (AvgIpc) is 2.88. The minimum atomic E-state index is 0.0568. The Morgan fingerprint density at radius 3 is 3.05 bits per heavy atom. The van der Waals surface area contributed by atoms with Gasteiger partial charge in [0.2, 0.25) is 0 Å². The molecule has 0 saturated carbocycles. The van der Waals surface area contributed by atoms with E-state index in [0.717, 1.165) is 38.0 Å². The predicted molar refractivity (Wildman–Crippen MR) is 74.3 cm³/mol. The van der Waals surface area contributed by atoms with Gasteiger partial charge in [0.05, 0.1) is 5.69 Å². The van der Waals surface area contributed by atoms with E-state index in [0.29, 0.717) is 10.8 Å². The van der Waals surface area contributed by atoms with Crippen LogP contribution in [-0.2, 0) is 0 Å². The molecule has 0 bridgehead atoms. The topological polar surface area (TPSA) is 66.3 Å². The largest absolute Gasteiger partial charge is 0.396 e. The van der Waals surface area contributed by atoms with Crippen molar-refractivity contribution in [3.63, 3.8) is 0 Å². The molecule has 1 saturated heterocycles. The Bertz CT molecular complexity index is 431. The van der Waals surface area contributed by atoms with Crippen molar-refractivity contribution in [1.29, 1.82) is 0 Å². The molecule has 1 aliphatic heterocycles. The van der Waals surface area contributed by atoms with Crippen LogP contribution in [0.15, 0.2) is 0 Å². The van der Waals surface area contributed by atoms with Gasteiger partial charge in [0.1, 0.15) is 4.88 Å². The summed E-state index contributed by atoms with van der Waals surface area (Å²) < 4.78 is 3.92. The molecule has 0 aliphatic carbocycles. The summed E-state index contributed by atoms with van der Waals surface area (Å²) >= 11 is 1.19. The highest BCUT2D eigenvalue weighted by molar-refractivity contribution is 7.08. The summed E-state index contributed by atoms with van der Waals surface area (Å²) in [7, 11) is 0. The number of nitrogens with zero attached hydrogens (tertiary/aromatic N) is 3. The molecule has 1 amide bonds. The maximum Gasteiger partial charge on any atom is 0.267 e. The Morgan fingerprint density at radius 1 is 1.58 bits per heavy atom. The number of likely N-dealkylation sites (tertiary alicyclic amines) is 1. The van der Waals surface area contributed by atoms with Crippen molar-refractivity contribution < 1.29 is 9.90 Å². The summed E-state index contributed by atoms with van der Waals surface area (Å²) in [5.74, 6) is 0.697. The molecule has 1 fully saturated rings. The molecule has 19 heavy (non-hydrogen) atoms. The van der Waals surface area contributed by atoms with Gasteiger partial charge in [0, 0.05) is 19.7 Å². The number of carbonyl (C=O) groups is 1. The molecular formula is C13H21N3O2S. The van der Waals surface area contributed by atoms with Crippen LogP contribution >= 0.6 is 11.5 Å². The van der Waals surface area contributed by atoms with Gasteiger partial charge in [-0.25, -0.2) is 0 Å². The van der Waals surface area contributed by atoms with Crippen LogP contribution in [0.4, 0.5) is 0 Å². The lowest BCUT2D eigenvalue weighted by Crippen LogP contribution is -2.40. The van der Waals surface area contributed by atoms with Crippen molar-refractivity contribution in [3.8, 4) is 0 Å². The van der Waals surface area contributed by atoms with Crippen molar-refractivity contribution in [1.82, 2.24) is 14.5 Å². The number of aliphatic hydroxyl groups excluding tert-OH is 1. The van der Waals surface area contributed by atoms with E-state index < -0.39 is 0 Å². The van der Waals surface area contributed by atoms with Crippen LogP contribution in [0.25, 0.3) is 0 Å². The molecule has 0 spiro atoms. The lowest BCUT2D eigenvalue weighted by Gasteiger charge is -2.32. The molecule has 106 valence electrons. The van der Waals surface area contributed by atoms with E-state index in [1.54, 1.807) is 0 Å². The molecule has 5 nitrogen and oxygen atoms in total. The number of hydrogen-bond acceptors (Lipinski definition) is 5. The van der Waals surface area contributed by atoms with Crippen molar-refractivity contribution in [2.75, 3.05) is 19.7 Å². The number of rotatable bonds is 4. The van der Waals surface area contributed by atoms with E-state index in [1.165, 1.54) is 11.5 Å². The molecule has 0 radical (unpaired) electrons. The Labute approximate surface area is 117 Å². The third-order valence-corrected chi connectivity index (χ3v) is 4.33. The van der Waals surface area contributed by atoms with Crippen LogP contribution in [-0.4, -0.2) is 45.2 Å². The Hall–Kier alpha value is -1.01. The van der Waals surface area contributed by atoms with Crippen molar-refractivity contribution in [2.24, 2.45) is 5.92 Å². The SMILES string of the molecule is CC(C)c1nnsc1C(=O)N1CCCC(CCO)C1. The highest BCUT2D eigenvalue weighted by Crippen LogP contribution is 2.25. The van der Waals surface area contributed by atoms with Crippen LogP contribution in [0.2, 0.25) is 0 Å². The minimum Gasteiger partial charge on any atom is -0.396 e. The van der Waals surface area contributed by atoms with Gasteiger partial charge in [0.15, 0.2) is 0 Å². The highest BCUT2D eigenvalue weighted by Gasteiger charge is 2.28. The Morgan fingerprint density at radius 2 is 2.37 bits per heavy atom. The lowest BCUT2D eigenvalue weighted by atomic mass is 9.95. The maximum atomic E-state index is 12.5. The number of piperidine rings is 1. The minimum absolute atomic E-state index is 0.0568. The summed E-state index contributed by atoms with van der Waals surface area (Å²) in [6.07, 6.45) is 2.89. The zero-order chi connectivity index (χ0) is 13.8. The zero-order valence-corrected chi connectivity index (χ0v) is 12.3. The van der Waals surface area contributed by atoms with Gasteiger partial charge in [0.25, 0.3) is 5.91 Å². The monoisotopic (exact) mass is 283 g/mol. The maximum absolute atomic E-state index is 12.5. The molecule has 1 atom stereocenters. The summed E-state index contributed by atoms with van der Waals surface area (Å²) in [4.78, 5) is 15.1. The van der Waals surface area contributed by atoms with Crippen LogP contribution in [0.3, 0.4) is 0 Å². The average molecular weight is 283 g/mol. The number of aromatic nitrogens is 2. The predicted octanol–water partition coefficient (Wildman–Crippen LogP) is 1.90. The molecule has 1 N–H and O–H groups in total. The zero-order valence-electron chi connectivity index (χ0n) is 11.5. The smallest absolute Gasteiger partial charge is 0.267 e. The normalized spacial score (nSPS) is 20.0. The van der Waals surface area contributed by atoms with Crippen molar-refractivity contribution in [3.05, 3.63) is 10.6 Å². The summed E-state index contributed by atoms with van der Waals surface area (Å²) in [6.45, 7) is 5.80. The molecule has 1 aromatic rings. The van der Waals surface area contributed by atoms with Crippen LogP contribution in [0.1, 0.15) is 54.4 Å². The first-order valence-corrected chi connectivity index (χ1v) is 7.63. The fourth-order valence-corrected chi connectivity index (χ4v) is 3.32. The second-order valence-electron chi connectivity index (χ2n) is 5.41. The van der Waals surface area contributed by atoms with E-state index in [4.69, 9.17) is 5.11 Å². The second-order valence-corrected chi connectivity index (χ2v) is 6.17. The molecular weight excluding hydrogens is 262 g/mol. The Kier molecular flexibility index (Phi) is 4.87. The number of amides is 1. The van der Waals surface area contributed by atoms with E-state index in [1.807, 2.05) is 18.7 Å². The fraction of sp³-hybridized carbons (Fsp3) is 0.769. The first-order chi connectivity index (χ1) is 9.13. The molecule has 2 rings (SSSR count). The Balaban J connectivity index is 2.08. The van der Waals surface area contributed by atoms with Gasteiger partial charge in [-0.1, -0.05) is 18.3 Å². The standard InChI is InChI=1S/C13H21N3O2S/c1-9(2)11-12(19-15-14-11)13(18)16-6-3-4-10(8-16)5-7-17/h9-10,17H,3-8H2,1-2H3. The quantitative estimate of drug-likeness (QED) is 0.916. The van der Waals surface area contributed by atoms with E-state index in [2.05, 4.69) is 9.59 Å². The van der Waals surface area contributed by atoms with Crippen LogP contribution < -0.4 is 0 Å². The lowest BCUT2D eigenvalue weighted by molar-refractivity contribution is 0.0657. The first-order valence-electron chi connectivity index (χ1n) is 6.85. The third kappa shape index (κ3) is 3.30. The van der Waals surface area contributed by atoms with E-state index in [-0.39, 0.29) is 18.4 Å². The molecule has 1 aromatic heterocycles. The van der Waals surface area contributed by atoms with E-state index >= 15 is 0 Å². The van der Waals surface area contributed by atoms with Gasteiger partial charge >= 0.3 is 0 Å². The van der Waals surface area contributed by atoms with Gasteiger partial charge in [-0.05, 0) is 42.6 Å². The molecule has 0 aromatic carbocycles. The van der Waals surface area contributed by atoms with Crippen LogP contribution in [0.5, 0.6) is 0 Å². The summed E-state index contributed by atoms with van der Waals surface area (Å²) in [5.41, 5.74) is 0.805. The number of hydrogen-bond donors (Lipinski definition) is 1. The summed E-state index contributed by atoms with van der Waals surface area (Å²) in [6, 6.07) is 0. The van der Waals surface area contributed by atoms with Crippen molar-refractivity contribution >= 4 is 17.4 Å². The number of aliphatic hydroxyl groups is 1. The van der Waals surface area contributed by atoms with Crippen LogP contribution in [0, 0.1) is 5.92 Å². The van der Waals surface area contributed by atoms with Gasteiger partial charge in [-0.15, -0.1) is 5.10 Å². The van der Waals surface area contributed by atoms with Gasteiger partial charge < -0.3 is 10.0 Å². The molecule has 6 heteroatoms. The molecule has 1 aliphatic rings. The molecule has 1 unspecified atom stereocenters. The third-order valence-electron chi connectivity index (χ3n) is 3.60. The fourth-order valence-electron chi connectivity index (χ4n) is 2.53. The van der Waals surface area contributed by atoms with Crippen molar-refractivity contribution in [2.45, 2.75) is 39.0 Å². The highest BCUT2D eigenvalue weighted by atomic mass is 32.1. The van der Waals surface area contributed by atoms with Gasteiger partial charge in [-0.3, -0.25) is 4.79 Å². The first kappa shape index (κ1) is 14.4. The van der Waals surface area contributed by atoms with Gasteiger partial charge in [-0.2, -0.15) is 0 Å². The summed E-state index contributed by atoms with van der Waals surface area (Å²) in [5, 5.41) is 13.1. The second kappa shape index (κ2) is 6.43.